The molecule has 0 unspecified atom stereocenters. The maximum atomic E-state index is 10.7. The van der Waals surface area contributed by atoms with Crippen LogP contribution in [-0.4, -0.2) is 21.0 Å². The van der Waals surface area contributed by atoms with Crippen molar-refractivity contribution >= 4 is 34.7 Å². The molecule has 0 fully saturated rings. The van der Waals surface area contributed by atoms with Crippen LogP contribution >= 0.6 is 22.9 Å². The largest absolute Gasteiger partial charge is 0.478 e. The van der Waals surface area contributed by atoms with Crippen LogP contribution in [0.1, 0.15) is 15.2 Å². The minimum Gasteiger partial charge on any atom is -0.478 e. The highest BCUT2D eigenvalue weighted by atomic mass is 35.5. The summed E-state index contributed by atoms with van der Waals surface area (Å²) < 4.78 is 0. The number of nitrogens with one attached hydrogen (secondary N) is 1. The van der Waals surface area contributed by atoms with E-state index < -0.39 is 5.97 Å². The van der Waals surface area contributed by atoms with Gasteiger partial charge in [-0.15, -0.1) is 11.3 Å². The van der Waals surface area contributed by atoms with Crippen molar-refractivity contribution in [1.82, 2.24) is 9.97 Å². The molecule has 2 aromatic rings. The van der Waals surface area contributed by atoms with Gasteiger partial charge in [-0.25, -0.2) is 9.78 Å². The Bertz CT molecular complexity index is 530. The monoisotopic (exact) mass is 269 g/mol. The van der Waals surface area contributed by atoms with Gasteiger partial charge in [0.1, 0.15) is 5.82 Å². The minimum absolute atomic E-state index is 0.0679. The van der Waals surface area contributed by atoms with Crippen LogP contribution in [0.25, 0.3) is 0 Å². The molecular formula is C10H8ClN3O2S. The van der Waals surface area contributed by atoms with Crippen molar-refractivity contribution in [2.75, 3.05) is 5.32 Å². The molecule has 17 heavy (non-hydrogen) atoms. The Morgan fingerprint density at radius 3 is 2.94 bits per heavy atom. The molecule has 7 heteroatoms. The van der Waals surface area contributed by atoms with Gasteiger partial charge in [0.15, 0.2) is 0 Å². The molecule has 0 spiro atoms. The Labute approximate surface area is 106 Å². The summed E-state index contributed by atoms with van der Waals surface area (Å²) >= 11 is 7.43. The lowest BCUT2D eigenvalue weighted by atomic mass is 10.3. The van der Waals surface area contributed by atoms with Crippen molar-refractivity contribution in [2.45, 2.75) is 6.54 Å². The molecule has 2 aromatic heterocycles. The molecule has 0 aliphatic rings. The summed E-state index contributed by atoms with van der Waals surface area (Å²) in [5.74, 6) is -0.585. The van der Waals surface area contributed by atoms with Crippen molar-refractivity contribution < 1.29 is 9.90 Å². The number of aromatic carboxylic acids is 1. The predicted octanol–water partition coefficient (Wildman–Crippen LogP) is 2.50. The maximum Gasteiger partial charge on any atom is 0.337 e. The van der Waals surface area contributed by atoms with E-state index in [-0.39, 0.29) is 10.6 Å². The van der Waals surface area contributed by atoms with Crippen molar-refractivity contribution in [3.8, 4) is 0 Å². The zero-order valence-electron chi connectivity index (χ0n) is 8.55. The average molecular weight is 270 g/mol. The summed E-state index contributed by atoms with van der Waals surface area (Å²) in [6.07, 6.45) is 3.01. The molecule has 0 aromatic carbocycles. The Balaban J connectivity index is 2.09. The summed E-state index contributed by atoms with van der Waals surface area (Å²) in [5.41, 5.74) is 1.80. The molecule has 2 rings (SSSR count). The van der Waals surface area contributed by atoms with E-state index in [1.165, 1.54) is 23.6 Å². The number of aromatic nitrogens is 2. The molecule has 2 N–H and O–H groups in total. The molecule has 5 nitrogen and oxygen atoms in total. The summed E-state index contributed by atoms with van der Waals surface area (Å²) in [7, 11) is 0. The van der Waals surface area contributed by atoms with E-state index >= 15 is 0 Å². The standard InChI is InChI=1S/C10H8ClN3O2S/c11-8-1-6(10(15)16)2-13-9(8)14-4-7-3-12-5-17-7/h1-3,5H,4H2,(H,13,14)(H,15,16). The Kier molecular flexibility index (Phi) is 3.55. The lowest BCUT2D eigenvalue weighted by molar-refractivity contribution is 0.0696. The highest BCUT2D eigenvalue weighted by Crippen LogP contribution is 2.21. The van der Waals surface area contributed by atoms with E-state index in [9.17, 15) is 4.79 Å². The van der Waals surface area contributed by atoms with Crippen LogP contribution in [0.2, 0.25) is 5.02 Å². The van der Waals surface area contributed by atoms with Crippen molar-refractivity contribution in [3.63, 3.8) is 0 Å². The minimum atomic E-state index is -1.05. The van der Waals surface area contributed by atoms with Crippen LogP contribution in [0.15, 0.2) is 24.0 Å². The van der Waals surface area contributed by atoms with Crippen LogP contribution in [0.5, 0.6) is 0 Å². The number of carboxylic acids is 1. The highest BCUT2D eigenvalue weighted by molar-refractivity contribution is 7.09. The van der Waals surface area contributed by atoms with E-state index in [4.69, 9.17) is 16.7 Å². The normalized spacial score (nSPS) is 10.2. The number of carbonyl (C=O) groups is 1. The molecule has 0 aliphatic heterocycles. The molecule has 0 saturated carbocycles. The fourth-order valence-electron chi connectivity index (χ4n) is 1.19. The number of rotatable bonds is 4. The first-order valence-electron chi connectivity index (χ1n) is 4.67. The maximum absolute atomic E-state index is 10.7. The number of halogens is 1. The molecule has 0 saturated heterocycles. The quantitative estimate of drug-likeness (QED) is 0.892. The first kappa shape index (κ1) is 11.8. The van der Waals surface area contributed by atoms with E-state index in [1.807, 2.05) is 0 Å². The Morgan fingerprint density at radius 1 is 1.53 bits per heavy atom. The lowest BCUT2D eigenvalue weighted by Crippen LogP contribution is -2.03. The fraction of sp³-hybridized carbons (Fsp3) is 0.100. The number of hydrogen-bond donors (Lipinski definition) is 2. The summed E-state index contributed by atoms with van der Waals surface area (Å²) in [4.78, 5) is 19.6. The van der Waals surface area contributed by atoms with Gasteiger partial charge in [0.2, 0.25) is 0 Å². The smallest absolute Gasteiger partial charge is 0.337 e. The van der Waals surface area contributed by atoms with Gasteiger partial charge in [-0.3, -0.25) is 4.98 Å². The van der Waals surface area contributed by atoms with Gasteiger partial charge in [0.05, 0.1) is 22.6 Å². The van der Waals surface area contributed by atoms with Gasteiger partial charge in [0.25, 0.3) is 0 Å². The molecule has 0 bridgehead atoms. The second-order valence-corrected chi connectivity index (χ2v) is 4.56. The van der Waals surface area contributed by atoms with Crippen molar-refractivity contribution in [2.24, 2.45) is 0 Å². The molecule has 2 heterocycles. The van der Waals surface area contributed by atoms with E-state index in [0.717, 1.165) is 4.88 Å². The van der Waals surface area contributed by atoms with Crippen LogP contribution in [0.4, 0.5) is 5.82 Å². The number of hydrogen-bond acceptors (Lipinski definition) is 5. The van der Waals surface area contributed by atoms with Crippen molar-refractivity contribution in [1.29, 1.82) is 0 Å². The number of anilines is 1. The summed E-state index contributed by atoms with van der Waals surface area (Å²) in [5, 5.41) is 12.1. The Morgan fingerprint density at radius 2 is 2.35 bits per heavy atom. The van der Waals surface area contributed by atoms with Crippen LogP contribution in [0.3, 0.4) is 0 Å². The molecule has 0 aliphatic carbocycles. The number of carboxylic acid groups (broad SMARTS) is 1. The molecule has 0 radical (unpaired) electrons. The third-order valence-corrected chi connectivity index (χ3v) is 3.07. The van der Waals surface area contributed by atoms with Gasteiger partial charge in [0, 0.05) is 17.3 Å². The average Bonchev–Trinajstić information content (AvgIpc) is 2.80. The lowest BCUT2D eigenvalue weighted by Gasteiger charge is -2.06. The third-order valence-electron chi connectivity index (χ3n) is 2.00. The fourth-order valence-corrected chi connectivity index (χ4v) is 1.95. The number of nitrogens with zero attached hydrogens (tertiary/aromatic N) is 2. The summed E-state index contributed by atoms with van der Waals surface area (Å²) in [6.45, 7) is 0.559. The second kappa shape index (κ2) is 5.11. The van der Waals surface area contributed by atoms with Gasteiger partial charge in [-0.1, -0.05) is 11.6 Å². The molecule has 0 amide bonds. The van der Waals surface area contributed by atoms with Gasteiger partial charge in [-0.2, -0.15) is 0 Å². The SMILES string of the molecule is O=C(O)c1cnc(NCc2cncs2)c(Cl)c1. The first-order chi connectivity index (χ1) is 8.16. The molecule has 88 valence electrons. The zero-order chi connectivity index (χ0) is 12.3. The number of thiazole rings is 1. The predicted molar refractivity (Wildman–Crippen MR) is 65.6 cm³/mol. The number of pyridine rings is 1. The van der Waals surface area contributed by atoms with Crippen LogP contribution < -0.4 is 5.32 Å². The van der Waals surface area contributed by atoms with Crippen LogP contribution in [-0.2, 0) is 6.54 Å². The third kappa shape index (κ3) is 2.92. The van der Waals surface area contributed by atoms with Gasteiger partial charge >= 0.3 is 5.97 Å². The summed E-state index contributed by atoms with van der Waals surface area (Å²) in [6, 6.07) is 1.37. The van der Waals surface area contributed by atoms with E-state index in [2.05, 4.69) is 15.3 Å². The van der Waals surface area contributed by atoms with E-state index in [0.29, 0.717) is 12.4 Å². The topological polar surface area (TPSA) is 75.1 Å². The molecular weight excluding hydrogens is 262 g/mol. The van der Waals surface area contributed by atoms with Crippen molar-refractivity contribution in [3.05, 3.63) is 39.4 Å². The van der Waals surface area contributed by atoms with Crippen LogP contribution in [0, 0.1) is 0 Å². The highest BCUT2D eigenvalue weighted by Gasteiger charge is 2.08. The van der Waals surface area contributed by atoms with Gasteiger partial charge in [-0.05, 0) is 6.07 Å². The molecule has 0 atom stereocenters. The van der Waals surface area contributed by atoms with Gasteiger partial charge < -0.3 is 10.4 Å². The van der Waals surface area contributed by atoms with E-state index in [1.54, 1.807) is 11.7 Å². The Hall–Kier alpha value is -1.66. The second-order valence-electron chi connectivity index (χ2n) is 3.18. The first-order valence-corrected chi connectivity index (χ1v) is 5.92. The zero-order valence-corrected chi connectivity index (χ0v) is 10.1.